The molecule has 1 aromatic carbocycles. The maximum atomic E-state index is 6.14. The Balaban J connectivity index is 1.83. The van der Waals surface area contributed by atoms with Gasteiger partial charge in [-0.2, -0.15) is 10.2 Å². The third kappa shape index (κ3) is 2.33. The van der Waals surface area contributed by atoms with Crippen molar-refractivity contribution in [3.05, 3.63) is 33.8 Å². The molecule has 21 heavy (non-hydrogen) atoms. The Hall–Kier alpha value is -0.860. The third-order valence-electron chi connectivity index (χ3n) is 5.85. The third-order valence-corrected chi connectivity index (χ3v) is 6.41. The van der Waals surface area contributed by atoms with Gasteiger partial charge in [0.05, 0.1) is 11.2 Å². The minimum atomic E-state index is 0.193. The van der Waals surface area contributed by atoms with Crippen LogP contribution in [-0.2, 0) is 0 Å². The molecule has 0 aromatic heterocycles. The van der Waals surface area contributed by atoms with E-state index in [1.54, 1.807) is 12.3 Å². The van der Waals surface area contributed by atoms with E-state index in [-0.39, 0.29) is 5.41 Å². The predicted molar refractivity (Wildman–Crippen MR) is 90.7 cm³/mol. The summed E-state index contributed by atoms with van der Waals surface area (Å²) in [5, 5.41) is 10.0. The fourth-order valence-corrected chi connectivity index (χ4v) is 4.30. The van der Waals surface area contributed by atoms with Crippen molar-refractivity contribution in [1.29, 1.82) is 0 Å². The molecule has 2 aliphatic rings. The Morgan fingerprint density at radius 3 is 2.57 bits per heavy atom. The molecule has 2 fully saturated rings. The molecule has 0 heterocycles. The molecule has 112 valence electrons. The van der Waals surface area contributed by atoms with Gasteiger partial charge in [0.2, 0.25) is 0 Å². The molecule has 2 aliphatic carbocycles. The molecule has 2 nitrogen and oxygen atoms in total. The van der Waals surface area contributed by atoms with Gasteiger partial charge in [-0.15, -0.1) is 0 Å². The summed E-state index contributed by atoms with van der Waals surface area (Å²) in [6.45, 7) is 7.07. The van der Waals surface area contributed by atoms with E-state index in [1.807, 2.05) is 12.1 Å². The van der Waals surface area contributed by atoms with Crippen LogP contribution in [0, 0.1) is 16.7 Å². The number of hydrogen-bond donors (Lipinski definition) is 0. The summed E-state index contributed by atoms with van der Waals surface area (Å²) in [6.07, 6.45) is 5.33. The van der Waals surface area contributed by atoms with Crippen LogP contribution in [-0.4, -0.2) is 11.9 Å². The summed E-state index contributed by atoms with van der Waals surface area (Å²) in [6, 6.07) is 5.39. The van der Waals surface area contributed by atoms with Crippen molar-refractivity contribution >= 4 is 35.1 Å². The lowest BCUT2D eigenvalue weighted by Crippen LogP contribution is -2.32. The van der Waals surface area contributed by atoms with E-state index < -0.39 is 0 Å². The van der Waals surface area contributed by atoms with Crippen molar-refractivity contribution in [3.63, 3.8) is 0 Å². The first-order valence-corrected chi connectivity index (χ1v) is 8.15. The fraction of sp³-hybridized carbons (Fsp3) is 0.529. The first-order valence-electron chi connectivity index (χ1n) is 7.40. The molecule has 3 rings (SSSR count). The zero-order chi connectivity index (χ0) is 15.3. The van der Waals surface area contributed by atoms with Crippen LogP contribution in [0.15, 0.2) is 28.4 Å². The lowest BCUT2D eigenvalue weighted by atomic mass is 9.70. The number of nitrogens with zero attached hydrogens (tertiary/aromatic N) is 2. The second-order valence-electron chi connectivity index (χ2n) is 6.95. The lowest BCUT2D eigenvalue weighted by molar-refractivity contribution is 0.194. The van der Waals surface area contributed by atoms with Gasteiger partial charge < -0.3 is 0 Å². The first kappa shape index (κ1) is 15.1. The lowest BCUT2D eigenvalue weighted by Gasteiger charge is -2.34. The molecule has 1 aromatic rings. The van der Waals surface area contributed by atoms with Crippen LogP contribution in [0.5, 0.6) is 0 Å². The quantitative estimate of drug-likeness (QED) is 0.499. The molecule has 0 radical (unpaired) electrons. The van der Waals surface area contributed by atoms with E-state index in [9.17, 15) is 0 Å². The van der Waals surface area contributed by atoms with Crippen LogP contribution in [0.1, 0.15) is 45.6 Å². The highest BCUT2D eigenvalue weighted by Crippen LogP contribution is 2.63. The van der Waals surface area contributed by atoms with E-state index >= 15 is 0 Å². The number of halogens is 2. The van der Waals surface area contributed by atoms with Crippen molar-refractivity contribution in [2.75, 3.05) is 0 Å². The first-order chi connectivity index (χ1) is 9.84. The Morgan fingerprint density at radius 1 is 1.24 bits per heavy atom. The molecule has 2 unspecified atom stereocenters. The maximum absolute atomic E-state index is 6.14. The van der Waals surface area contributed by atoms with E-state index in [4.69, 9.17) is 23.2 Å². The fourth-order valence-electron chi connectivity index (χ4n) is 3.85. The van der Waals surface area contributed by atoms with Gasteiger partial charge in [0.25, 0.3) is 0 Å². The Kier molecular flexibility index (Phi) is 3.66. The summed E-state index contributed by atoms with van der Waals surface area (Å²) >= 11 is 12.0. The Bertz CT molecular complexity index is 634. The summed E-state index contributed by atoms with van der Waals surface area (Å²) in [7, 11) is 0. The van der Waals surface area contributed by atoms with Gasteiger partial charge >= 0.3 is 0 Å². The van der Waals surface area contributed by atoms with Crippen molar-refractivity contribution in [3.8, 4) is 0 Å². The molecule has 0 amide bonds. The van der Waals surface area contributed by atoms with Gasteiger partial charge in [0.15, 0.2) is 0 Å². The molecular formula is C17H20Cl2N2. The van der Waals surface area contributed by atoms with Crippen LogP contribution < -0.4 is 0 Å². The normalized spacial score (nSPS) is 32.4. The van der Waals surface area contributed by atoms with Crippen molar-refractivity contribution in [1.82, 2.24) is 0 Å². The summed E-state index contributed by atoms with van der Waals surface area (Å²) in [5.74, 6) is 0.746. The minimum absolute atomic E-state index is 0.193. The zero-order valence-electron chi connectivity index (χ0n) is 12.7. The average molecular weight is 323 g/mol. The molecule has 0 saturated heterocycles. The highest BCUT2D eigenvalue weighted by molar-refractivity contribution is 6.36. The van der Waals surface area contributed by atoms with E-state index in [0.717, 1.165) is 17.9 Å². The van der Waals surface area contributed by atoms with Gasteiger partial charge in [-0.1, -0.05) is 50.0 Å². The molecule has 0 spiro atoms. The second kappa shape index (κ2) is 5.10. The van der Waals surface area contributed by atoms with Gasteiger partial charge in [0.1, 0.15) is 0 Å². The molecule has 2 atom stereocenters. The van der Waals surface area contributed by atoms with Crippen LogP contribution in [0.2, 0.25) is 10.0 Å². The summed E-state index contributed by atoms with van der Waals surface area (Å²) < 4.78 is 0. The monoisotopic (exact) mass is 322 g/mol. The largest absolute Gasteiger partial charge is 0.160 e. The highest BCUT2D eigenvalue weighted by atomic mass is 35.5. The smallest absolute Gasteiger partial charge is 0.0583 e. The molecular weight excluding hydrogens is 303 g/mol. The zero-order valence-corrected chi connectivity index (χ0v) is 14.2. The van der Waals surface area contributed by atoms with Gasteiger partial charge in [-0.05, 0) is 42.7 Å². The maximum Gasteiger partial charge on any atom is 0.0583 e. The second-order valence-corrected chi connectivity index (χ2v) is 7.79. The van der Waals surface area contributed by atoms with Crippen LogP contribution in [0.25, 0.3) is 0 Å². The van der Waals surface area contributed by atoms with Crippen molar-refractivity contribution in [2.24, 2.45) is 27.0 Å². The number of benzene rings is 1. The van der Waals surface area contributed by atoms with Gasteiger partial charge in [0, 0.05) is 21.7 Å². The van der Waals surface area contributed by atoms with Crippen molar-refractivity contribution in [2.45, 2.75) is 40.0 Å². The van der Waals surface area contributed by atoms with Crippen molar-refractivity contribution < 1.29 is 0 Å². The molecule has 2 bridgehead atoms. The van der Waals surface area contributed by atoms with Crippen LogP contribution in [0.3, 0.4) is 0 Å². The van der Waals surface area contributed by atoms with Crippen LogP contribution >= 0.6 is 23.2 Å². The number of rotatable bonds is 2. The Morgan fingerprint density at radius 2 is 2.00 bits per heavy atom. The Labute approximate surface area is 136 Å². The van der Waals surface area contributed by atoms with Gasteiger partial charge in [-0.3, -0.25) is 0 Å². The van der Waals surface area contributed by atoms with Crippen LogP contribution in [0.4, 0.5) is 0 Å². The molecule has 2 saturated carbocycles. The summed E-state index contributed by atoms with van der Waals surface area (Å²) in [5.41, 5.74) is 2.61. The molecule has 0 N–H and O–H groups in total. The standard InChI is InChI=1S/C17H20Cl2N2/c1-16(2)12-6-7-17(16,3)15(8-12)21-20-10-11-4-5-13(18)9-14(11)19/h4-5,9-10,12H,6-8H2,1-3H3/b20-10+,21-15+. The summed E-state index contributed by atoms with van der Waals surface area (Å²) in [4.78, 5) is 0. The SMILES string of the molecule is CC12CCC(C/C1=N\N=C\c1ccc(Cl)cc1Cl)C2(C)C. The average Bonchev–Trinajstić information content (AvgIpc) is 2.74. The topological polar surface area (TPSA) is 24.7 Å². The predicted octanol–water partition coefficient (Wildman–Crippen LogP) is 5.61. The van der Waals surface area contributed by atoms with E-state index in [2.05, 4.69) is 31.0 Å². The molecule has 0 aliphatic heterocycles. The number of hydrogen-bond acceptors (Lipinski definition) is 2. The van der Waals surface area contributed by atoms with E-state index in [0.29, 0.717) is 15.5 Å². The van der Waals surface area contributed by atoms with Gasteiger partial charge in [-0.25, -0.2) is 0 Å². The minimum Gasteiger partial charge on any atom is -0.160 e. The highest BCUT2D eigenvalue weighted by Gasteiger charge is 2.59. The van der Waals surface area contributed by atoms with E-state index in [1.165, 1.54) is 18.6 Å². The number of fused-ring (bicyclic) bond motifs is 2. The molecule has 4 heteroatoms.